The summed E-state index contributed by atoms with van der Waals surface area (Å²) in [6.07, 6.45) is 0. The predicted molar refractivity (Wildman–Crippen MR) is 113 cm³/mol. The van der Waals surface area contributed by atoms with Crippen LogP contribution in [0.2, 0.25) is 0 Å². The lowest BCUT2D eigenvalue weighted by Gasteiger charge is -2.16. The van der Waals surface area contributed by atoms with E-state index in [0.717, 1.165) is 32.7 Å². The van der Waals surface area contributed by atoms with Gasteiger partial charge in [-0.1, -0.05) is 12.1 Å². The summed E-state index contributed by atoms with van der Waals surface area (Å²) in [7, 11) is 0. The van der Waals surface area contributed by atoms with Crippen molar-refractivity contribution in [2.45, 2.75) is 0 Å². The fourth-order valence-corrected chi connectivity index (χ4v) is 3.56. The quantitative estimate of drug-likeness (QED) is 0.291. The molecule has 0 heterocycles. The van der Waals surface area contributed by atoms with Gasteiger partial charge in [-0.15, -0.1) is 0 Å². The van der Waals surface area contributed by atoms with Gasteiger partial charge in [0, 0.05) is 55.8 Å². The summed E-state index contributed by atoms with van der Waals surface area (Å²) < 4.78 is 0. The SMILES string of the molecule is Nc1cc(N)c2c(N)cc(-c3cc(N)c4cccc(N)c4c3N)cc2c1. The van der Waals surface area contributed by atoms with E-state index >= 15 is 0 Å². The zero-order chi connectivity index (χ0) is 18.6. The topological polar surface area (TPSA) is 156 Å². The number of benzene rings is 4. The van der Waals surface area contributed by atoms with Crippen LogP contribution in [0.4, 0.5) is 34.1 Å². The van der Waals surface area contributed by atoms with Crippen LogP contribution in [0.25, 0.3) is 32.7 Å². The maximum Gasteiger partial charge on any atom is 0.0495 e. The van der Waals surface area contributed by atoms with Crippen molar-refractivity contribution in [3.63, 3.8) is 0 Å². The van der Waals surface area contributed by atoms with Gasteiger partial charge in [0.15, 0.2) is 0 Å². The van der Waals surface area contributed by atoms with E-state index < -0.39 is 0 Å². The van der Waals surface area contributed by atoms with Gasteiger partial charge in [0.25, 0.3) is 0 Å². The van der Waals surface area contributed by atoms with E-state index in [2.05, 4.69) is 0 Å². The number of anilines is 6. The molecule has 0 spiro atoms. The van der Waals surface area contributed by atoms with Gasteiger partial charge in [0.1, 0.15) is 0 Å². The van der Waals surface area contributed by atoms with Crippen molar-refractivity contribution < 1.29 is 0 Å². The van der Waals surface area contributed by atoms with E-state index in [1.165, 1.54) is 0 Å². The average Bonchev–Trinajstić information content (AvgIpc) is 2.56. The highest BCUT2D eigenvalue weighted by atomic mass is 14.7. The summed E-state index contributed by atoms with van der Waals surface area (Å²) in [5.74, 6) is 0. The molecule has 0 amide bonds. The molecule has 4 aromatic carbocycles. The third-order valence-corrected chi connectivity index (χ3v) is 4.71. The maximum absolute atomic E-state index is 6.45. The Bertz CT molecular complexity index is 1200. The van der Waals surface area contributed by atoms with Crippen molar-refractivity contribution in [3.05, 3.63) is 48.5 Å². The third kappa shape index (κ3) is 2.20. The van der Waals surface area contributed by atoms with E-state index in [1.54, 1.807) is 12.1 Å². The normalized spacial score (nSPS) is 11.2. The first-order valence-corrected chi connectivity index (χ1v) is 8.11. The van der Waals surface area contributed by atoms with Crippen molar-refractivity contribution in [3.8, 4) is 11.1 Å². The van der Waals surface area contributed by atoms with Gasteiger partial charge in [-0.05, 0) is 47.3 Å². The molecule has 0 saturated carbocycles. The predicted octanol–water partition coefficient (Wildman–Crippen LogP) is 3.15. The van der Waals surface area contributed by atoms with Gasteiger partial charge in [0.05, 0.1) is 0 Å². The zero-order valence-electron chi connectivity index (χ0n) is 14.1. The van der Waals surface area contributed by atoms with Gasteiger partial charge >= 0.3 is 0 Å². The van der Waals surface area contributed by atoms with Crippen LogP contribution in [-0.2, 0) is 0 Å². The molecule has 4 aromatic rings. The molecule has 0 unspecified atom stereocenters. The minimum Gasteiger partial charge on any atom is -0.399 e. The van der Waals surface area contributed by atoms with Crippen LogP contribution in [0.3, 0.4) is 0 Å². The third-order valence-electron chi connectivity index (χ3n) is 4.71. The van der Waals surface area contributed by atoms with Crippen molar-refractivity contribution in [2.24, 2.45) is 0 Å². The lowest BCUT2D eigenvalue weighted by atomic mass is 9.93. The lowest BCUT2D eigenvalue weighted by molar-refractivity contribution is 1.64. The fraction of sp³-hybridized carbons (Fsp3) is 0. The molecule has 26 heavy (non-hydrogen) atoms. The first-order valence-electron chi connectivity index (χ1n) is 8.11. The highest BCUT2D eigenvalue weighted by Gasteiger charge is 2.14. The molecule has 0 fully saturated rings. The Morgan fingerprint density at radius 3 is 2.08 bits per heavy atom. The molecule has 4 rings (SSSR count). The van der Waals surface area contributed by atoms with Crippen LogP contribution < -0.4 is 34.4 Å². The number of hydrogen-bond acceptors (Lipinski definition) is 6. The summed E-state index contributed by atoms with van der Waals surface area (Å²) in [6, 6.07) is 14.7. The van der Waals surface area contributed by atoms with Crippen LogP contribution in [-0.4, -0.2) is 0 Å². The minimum absolute atomic E-state index is 0.541. The number of fused-ring (bicyclic) bond motifs is 2. The van der Waals surface area contributed by atoms with Gasteiger partial charge in [-0.25, -0.2) is 0 Å². The smallest absolute Gasteiger partial charge is 0.0495 e. The Hall–Kier alpha value is -3.80. The Labute approximate surface area is 150 Å². The first kappa shape index (κ1) is 15.7. The second-order valence-electron chi connectivity index (χ2n) is 6.47. The maximum atomic E-state index is 6.45. The highest BCUT2D eigenvalue weighted by Crippen LogP contribution is 2.41. The first-order chi connectivity index (χ1) is 12.4. The van der Waals surface area contributed by atoms with Crippen molar-refractivity contribution >= 4 is 55.7 Å². The second-order valence-corrected chi connectivity index (χ2v) is 6.47. The molecular formula is C20H20N6. The standard InChI is InChI=1S/C20H20N6/c21-11-5-10-4-9(6-16(24)18(10)17(25)7-11)13-8-15(23)12-2-1-3-14(22)19(12)20(13)26/h1-8H,21-26H2. The van der Waals surface area contributed by atoms with E-state index in [0.29, 0.717) is 34.1 Å². The van der Waals surface area contributed by atoms with Gasteiger partial charge in [-0.3, -0.25) is 0 Å². The monoisotopic (exact) mass is 344 g/mol. The largest absolute Gasteiger partial charge is 0.399 e. The molecule has 0 atom stereocenters. The summed E-state index contributed by atoms with van der Waals surface area (Å²) in [6.45, 7) is 0. The highest BCUT2D eigenvalue weighted by molar-refractivity contribution is 6.13. The summed E-state index contributed by atoms with van der Waals surface area (Å²) in [4.78, 5) is 0. The Morgan fingerprint density at radius 2 is 1.31 bits per heavy atom. The Morgan fingerprint density at radius 1 is 0.577 bits per heavy atom. The van der Waals surface area contributed by atoms with Crippen LogP contribution >= 0.6 is 0 Å². The molecular weight excluding hydrogens is 324 g/mol. The van der Waals surface area contributed by atoms with Crippen LogP contribution in [0.5, 0.6) is 0 Å². The van der Waals surface area contributed by atoms with Gasteiger partial charge in [0.2, 0.25) is 0 Å². The molecule has 0 aromatic heterocycles. The Kier molecular flexibility index (Phi) is 3.23. The fourth-order valence-electron chi connectivity index (χ4n) is 3.56. The molecule has 130 valence electrons. The molecule has 0 aliphatic heterocycles. The summed E-state index contributed by atoms with van der Waals surface area (Å²) >= 11 is 0. The van der Waals surface area contributed by atoms with Crippen LogP contribution in [0.15, 0.2) is 48.5 Å². The molecule has 0 aliphatic rings. The number of nitrogens with two attached hydrogens (primary N) is 6. The van der Waals surface area contributed by atoms with Gasteiger partial charge in [-0.2, -0.15) is 0 Å². The molecule has 0 bridgehead atoms. The second kappa shape index (κ2) is 5.35. The number of nitrogen functional groups attached to an aromatic ring is 6. The number of hydrogen-bond donors (Lipinski definition) is 6. The molecule has 0 radical (unpaired) electrons. The summed E-state index contributed by atoms with van der Waals surface area (Å²) in [5, 5.41) is 3.19. The lowest BCUT2D eigenvalue weighted by Crippen LogP contribution is -2.00. The summed E-state index contributed by atoms with van der Waals surface area (Å²) in [5.41, 5.74) is 42.1. The zero-order valence-corrected chi connectivity index (χ0v) is 14.1. The minimum atomic E-state index is 0.541. The van der Waals surface area contributed by atoms with Gasteiger partial charge < -0.3 is 34.4 Å². The van der Waals surface area contributed by atoms with E-state index in [1.807, 2.05) is 36.4 Å². The van der Waals surface area contributed by atoms with Crippen LogP contribution in [0.1, 0.15) is 0 Å². The van der Waals surface area contributed by atoms with Crippen LogP contribution in [0, 0.1) is 0 Å². The molecule has 0 saturated heterocycles. The van der Waals surface area contributed by atoms with E-state index in [-0.39, 0.29) is 0 Å². The molecule has 0 aliphatic carbocycles. The Balaban J connectivity index is 2.08. The van der Waals surface area contributed by atoms with E-state index in [4.69, 9.17) is 34.4 Å². The molecule has 6 nitrogen and oxygen atoms in total. The van der Waals surface area contributed by atoms with Crippen molar-refractivity contribution in [2.75, 3.05) is 34.4 Å². The molecule has 12 N–H and O–H groups in total. The van der Waals surface area contributed by atoms with Crippen molar-refractivity contribution in [1.82, 2.24) is 0 Å². The van der Waals surface area contributed by atoms with Crippen molar-refractivity contribution in [1.29, 1.82) is 0 Å². The average molecular weight is 344 g/mol. The number of rotatable bonds is 1. The van der Waals surface area contributed by atoms with E-state index in [9.17, 15) is 0 Å². The molecule has 6 heteroatoms.